The molecule has 0 unspecified atom stereocenters. The summed E-state index contributed by atoms with van der Waals surface area (Å²) < 4.78 is 19.2. The van der Waals surface area contributed by atoms with E-state index in [1.807, 2.05) is 0 Å². The Hall–Kier alpha value is -3.23. The molecule has 1 saturated heterocycles. The number of nitrogens with zero attached hydrogens (tertiary/aromatic N) is 4. The van der Waals surface area contributed by atoms with E-state index >= 15 is 0 Å². The highest BCUT2D eigenvalue weighted by Gasteiger charge is 2.26. The van der Waals surface area contributed by atoms with Crippen molar-refractivity contribution >= 4 is 12.0 Å². The third-order valence-electron chi connectivity index (χ3n) is 4.42. The van der Waals surface area contributed by atoms with E-state index in [4.69, 9.17) is 4.74 Å². The summed E-state index contributed by atoms with van der Waals surface area (Å²) in [5.74, 6) is -0.675. The van der Waals surface area contributed by atoms with Crippen LogP contribution >= 0.6 is 0 Å². The van der Waals surface area contributed by atoms with Gasteiger partial charge in [0.05, 0.1) is 13.2 Å². The van der Waals surface area contributed by atoms with Crippen LogP contribution in [0.1, 0.15) is 23.0 Å². The smallest absolute Gasteiger partial charge is 0.409 e. The molecule has 2 aromatic rings. The van der Waals surface area contributed by atoms with Crippen molar-refractivity contribution in [3.05, 3.63) is 63.8 Å². The number of halogens is 1. The summed E-state index contributed by atoms with van der Waals surface area (Å²) in [6.07, 6.45) is -0.388. The van der Waals surface area contributed by atoms with Gasteiger partial charge in [-0.25, -0.2) is 13.9 Å². The van der Waals surface area contributed by atoms with E-state index < -0.39 is 0 Å². The highest BCUT2D eigenvalue weighted by Crippen LogP contribution is 2.08. The van der Waals surface area contributed by atoms with Crippen LogP contribution in [0.25, 0.3) is 0 Å². The number of aromatic nitrogens is 2. The van der Waals surface area contributed by atoms with Gasteiger partial charge < -0.3 is 14.5 Å². The number of hydrogen-bond donors (Lipinski definition) is 0. The number of carbonyl (C=O) groups is 2. The molecule has 148 valence electrons. The van der Waals surface area contributed by atoms with E-state index in [1.165, 1.54) is 28.9 Å². The largest absolute Gasteiger partial charge is 0.450 e. The van der Waals surface area contributed by atoms with Crippen molar-refractivity contribution in [1.82, 2.24) is 19.6 Å². The van der Waals surface area contributed by atoms with Crippen molar-refractivity contribution in [1.29, 1.82) is 0 Å². The first-order valence-corrected chi connectivity index (χ1v) is 9.01. The zero-order valence-electron chi connectivity index (χ0n) is 15.5. The van der Waals surface area contributed by atoms with Gasteiger partial charge in [-0.1, -0.05) is 12.1 Å². The Morgan fingerprint density at radius 3 is 2.32 bits per heavy atom. The summed E-state index contributed by atoms with van der Waals surface area (Å²) >= 11 is 0. The van der Waals surface area contributed by atoms with E-state index in [2.05, 4.69) is 5.10 Å². The Morgan fingerprint density at radius 2 is 1.68 bits per heavy atom. The van der Waals surface area contributed by atoms with Crippen LogP contribution in [0.3, 0.4) is 0 Å². The molecule has 2 heterocycles. The molecule has 0 saturated carbocycles. The van der Waals surface area contributed by atoms with Crippen molar-refractivity contribution in [2.45, 2.75) is 13.5 Å². The Labute approximate surface area is 161 Å². The van der Waals surface area contributed by atoms with Gasteiger partial charge in [-0.2, -0.15) is 5.10 Å². The predicted molar refractivity (Wildman–Crippen MR) is 98.5 cm³/mol. The van der Waals surface area contributed by atoms with Crippen molar-refractivity contribution in [3.8, 4) is 0 Å². The number of amides is 2. The van der Waals surface area contributed by atoms with Crippen molar-refractivity contribution in [3.63, 3.8) is 0 Å². The lowest BCUT2D eigenvalue weighted by molar-refractivity contribution is 0.0564. The molecule has 0 bridgehead atoms. The van der Waals surface area contributed by atoms with Gasteiger partial charge in [-0.05, 0) is 30.7 Å². The van der Waals surface area contributed by atoms with Gasteiger partial charge >= 0.3 is 6.09 Å². The van der Waals surface area contributed by atoms with Gasteiger partial charge in [0.2, 0.25) is 0 Å². The van der Waals surface area contributed by atoms with Crippen LogP contribution in [0.15, 0.2) is 41.2 Å². The number of benzene rings is 1. The van der Waals surface area contributed by atoms with Crippen LogP contribution < -0.4 is 5.56 Å². The van der Waals surface area contributed by atoms with E-state index in [-0.39, 0.29) is 35.6 Å². The minimum Gasteiger partial charge on any atom is -0.450 e. The number of rotatable bonds is 4. The molecule has 0 spiro atoms. The lowest BCUT2D eigenvalue weighted by atomic mass is 10.2. The van der Waals surface area contributed by atoms with Crippen molar-refractivity contribution in [2.24, 2.45) is 0 Å². The minimum absolute atomic E-state index is 0.136. The molecule has 1 aliphatic rings. The molecule has 2 amide bonds. The Kier molecular flexibility index (Phi) is 6.03. The molecule has 0 aliphatic carbocycles. The summed E-state index contributed by atoms with van der Waals surface area (Å²) in [7, 11) is 0. The van der Waals surface area contributed by atoms with Crippen LogP contribution in [0.5, 0.6) is 0 Å². The average Bonchev–Trinajstić information content (AvgIpc) is 2.71. The quantitative estimate of drug-likeness (QED) is 0.789. The number of ether oxygens (including phenoxy) is 1. The summed E-state index contributed by atoms with van der Waals surface area (Å²) in [6.45, 7) is 3.64. The molecule has 1 aliphatic heterocycles. The van der Waals surface area contributed by atoms with Crippen molar-refractivity contribution in [2.75, 3.05) is 32.8 Å². The van der Waals surface area contributed by atoms with Crippen LogP contribution in [-0.2, 0) is 11.3 Å². The highest BCUT2D eigenvalue weighted by atomic mass is 19.1. The van der Waals surface area contributed by atoms with Gasteiger partial charge in [0, 0.05) is 32.2 Å². The second-order valence-electron chi connectivity index (χ2n) is 6.32. The minimum atomic E-state index is -0.388. The molecule has 3 rings (SSSR count). The van der Waals surface area contributed by atoms with Gasteiger partial charge in [-0.15, -0.1) is 0 Å². The monoisotopic (exact) mass is 388 g/mol. The van der Waals surface area contributed by atoms with Gasteiger partial charge in [-0.3, -0.25) is 9.59 Å². The maximum atomic E-state index is 13.0. The van der Waals surface area contributed by atoms with Crippen LogP contribution in [0, 0.1) is 5.82 Å². The lowest BCUT2D eigenvalue weighted by Gasteiger charge is -2.33. The molecule has 0 radical (unpaired) electrons. The van der Waals surface area contributed by atoms with Crippen molar-refractivity contribution < 1.29 is 18.7 Å². The zero-order valence-corrected chi connectivity index (χ0v) is 15.5. The molecule has 28 heavy (non-hydrogen) atoms. The second kappa shape index (κ2) is 8.64. The standard InChI is InChI=1S/C19H21FN4O4/c1-2-28-19(27)23-11-9-22(10-12-23)18(26)16-7-8-17(25)24(21-16)13-14-3-5-15(20)6-4-14/h3-8H,2,9-13H2,1H3. The van der Waals surface area contributed by atoms with E-state index in [0.717, 1.165) is 0 Å². The Morgan fingerprint density at radius 1 is 1.04 bits per heavy atom. The fraction of sp³-hybridized carbons (Fsp3) is 0.368. The molecule has 8 nitrogen and oxygen atoms in total. The normalized spacial score (nSPS) is 14.1. The third-order valence-corrected chi connectivity index (χ3v) is 4.42. The second-order valence-corrected chi connectivity index (χ2v) is 6.32. The van der Waals surface area contributed by atoms with E-state index in [1.54, 1.807) is 28.9 Å². The third kappa shape index (κ3) is 4.54. The fourth-order valence-electron chi connectivity index (χ4n) is 2.91. The first-order chi connectivity index (χ1) is 13.5. The van der Waals surface area contributed by atoms with Crippen LogP contribution in [-0.4, -0.2) is 64.4 Å². The molecule has 1 fully saturated rings. The molecule has 9 heteroatoms. The zero-order chi connectivity index (χ0) is 20.1. The van der Waals surface area contributed by atoms with E-state index in [9.17, 15) is 18.8 Å². The topological polar surface area (TPSA) is 84.7 Å². The fourth-order valence-corrected chi connectivity index (χ4v) is 2.91. The average molecular weight is 388 g/mol. The summed E-state index contributed by atoms with van der Waals surface area (Å²) in [5.41, 5.74) is 0.489. The summed E-state index contributed by atoms with van der Waals surface area (Å²) in [5, 5.41) is 4.16. The number of piperazine rings is 1. The maximum absolute atomic E-state index is 13.0. The SMILES string of the molecule is CCOC(=O)N1CCN(C(=O)c2ccc(=O)n(Cc3ccc(F)cc3)n2)CC1. The molecule has 1 aromatic heterocycles. The van der Waals surface area contributed by atoms with Gasteiger partial charge in [0.25, 0.3) is 11.5 Å². The highest BCUT2D eigenvalue weighted by molar-refractivity contribution is 5.92. The lowest BCUT2D eigenvalue weighted by Crippen LogP contribution is -2.51. The van der Waals surface area contributed by atoms with Gasteiger partial charge in [0.1, 0.15) is 11.5 Å². The van der Waals surface area contributed by atoms with Crippen LogP contribution in [0.4, 0.5) is 9.18 Å². The van der Waals surface area contributed by atoms with Gasteiger partial charge in [0.15, 0.2) is 0 Å². The first kappa shape index (κ1) is 19.5. The molecule has 1 aromatic carbocycles. The molecular formula is C19H21FN4O4. The summed E-state index contributed by atoms with van der Waals surface area (Å²) in [4.78, 5) is 39.7. The molecule has 0 atom stereocenters. The number of hydrogen-bond acceptors (Lipinski definition) is 5. The predicted octanol–water partition coefficient (Wildman–Crippen LogP) is 1.34. The molecular weight excluding hydrogens is 367 g/mol. The molecule has 0 N–H and O–H groups in total. The Balaban J connectivity index is 1.68. The first-order valence-electron chi connectivity index (χ1n) is 9.01. The Bertz CT molecular complexity index is 905. The number of carbonyl (C=O) groups excluding carboxylic acids is 2. The van der Waals surface area contributed by atoms with E-state index in [0.29, 0.717) is 38.3 Å². The summed E-state index contributed by atoms with van der Waals surface area (Å²) in [6, 6.07) is 8.41. The van der Waals surface area contributed by atoms with Crippen LogP contribution in [0.2, 0.25) is 0 Å². The maximum Gasteiger partial charge on any atom is 0.409 e.